The Balaban J connectivity index is 0.751. The average Bonchev–Trinajstić information content (AvgIpc) is 0.846. The molecule has 12 N–H and O–H groups in total. The van der Waals surface area contributed by atoms with Gasteiger partial charge in [-0.1, -0.05) is 55.9 Å². The van der Waals surface area contributed by atoms with Crippen LogP contribution >= 0.6 is 45.1 Å². The summed E-state index contributed by atoms with van der Waals surface area (Å²) in [7, 11) is -14.3. The summed E-state index contributed by atoms with van der Waals surface area (Å²) >= 11 is 5.34. The van der Waals surface area contributed by atoms with Gasteiger partial charge in [0.1, 0.15) is 35.4 Å². The number of nitrogens with two attached hydrogens (primary N) is 2. The van der Waals surface area contributed by atoms with E-state index in [1.807, 2.05) is 44.2 Å². The fraction of sp³-hybridized carbons (Fsp3) is 0.536. The van der Waals surface area contributed by atoms with Crippen molar-refractivity contribution in [2.75, 3.05) is 95.8 Å². The first-order valence-corrected chi connectivity index (χ1v) is 38.4. The molecule has 36 heteroatoms. The second kappa shape index (κ2) is 36.9. The number of aryl methyl sites for hydroxylation is 1. The van der Waals surface area contributed by atoms with Crippen molar-refractivity contribution in [1.29, 1.82) is 5.41 Å². The highest BCUT2D eigenvalue weighted by molar-refractivity contribution is 8.77. The van der Waals surface area contributed by atoms with E-state index in [1.54, 1.807) is 45.9 Å². The molecular weight excluding hydrogens is 1340 g/mol. The van der Waals surface area contributed by atoms with Gasteiger partial charge in [0.25, 0.3) is 5.91 Å². The number of amides is 5. The molecule has 5 unspecified atom stereocenters. The first-order chi connectivity index (χ1) is 43.6. The van der Waals surface area contributed by atoms with Gasteiger partial charge in [0.2, 0.25) is 0 Å². The molecule has 0 saturated carbocycles. The van der Waals surface area contributed by atoms with Gasteiger partial charge in [-0.15, -0.1) is 0 Å². The van der Waals surface area contributed by atoms with Crippen molar-refractivity contribution >= 4 is 112 Å². The van der Waals surface area contributed by atoms with Crippen LogP contribution in [0.1, 0.15) is 81.6 Å². The normalized spacial score (nSPS) is 18.5. The molecule has 1 fully saturated rings. The Kier molecular flexibility index (Phi) is 30.5. The van der Waals surface area contributed by atoms with Crippen molar-refractivity contribution in [2.45, 2.75) is 95.8 Å². The van der Waals surface area contributed by atoms with Crippen LogP contribution in [0.5, 0.6) is 0 Å². The number of amidine groups is 1. The van der Waals surface area contributed by atoms with Gasteiger partial charge in [0, 0.05) is 90.3 Å². The molecule has 5 amide bonds. The quantitative estimate of drug-likeness (QED) is 0.00316. The standard InChI is InChI=1S/C56H79N8O21P3S4/c1-5-92(89)36-80-47-32-49(83-48(47)34-81-87(72,73)85-88(74,75)84-86(69,70)71)64-33-39(52(59)63-55(64)68)11-9-21-62-54(67)61-20-7-6-8-23-78-35-90-91-56(3,4)19-25-79-50(65)12-10-24-76-27-28-77-26-22-60-53(66)38-14-13-37(2)44(29-38)51-42-17-15-40(57)30-45(42)82-46-31-41(58)16-18-43(46)51/h13-18,29-31,39,47-49,57H,5-8,10,12,19-28,32-36,58H2,1-4H3,(H,60,66)(H,72,73)(H,74,75)(H2,59,63,68)(H2,61,62,67)(H2,69,70,71)/t39?,47?,48-,49-,92?/m1/s1. The van der Waals surface area contributed by atoms with Gasteiger partial charge >= 0.3 is 41.5 Å². The van der Waals surface area contributed by atoms with E-state index in [9.17, 15) is 42.7 Å². The maximum Gasteiger partial charge on any atom is 0.490 e. The number of nitrogen functional groups attached to an aromatic ring is 1. The van der Waals surface area contributed by atoms with E-state index in [2.05, 4.69) is 55.3 Å². The first-order valence-electron chi connectivity index (χ1n) is 29.1. The van der Waals surface area contributed by atoms with Gasteiger partial charge in [-0.3, -0.25) is 19.0 Å². The summed E-state index contributed by atoms with van der Waals surface area (Å²) in [6, 6.07) is 15.0. The molecule has 7 atom stereocenters. The number of fused-ring (bicyclic) bond motifs is 2. The van der Waals surface area contributed by atoms with Crippen LogP contribution in [0.4, 0.5) is 15.3 Å². The third kappa shape index (κ3) is 26.0. The molecule has 0 bridgehead atoms. The summed E-state index contributed by atoms with van der Waals surface area (Å²) in [5.74, 6) is 5.98. The van der Waals surface area contributed by atoms with Crippen LogP contribution in [0, 0.1) is 30.1 Å². The predicted octanol–water partition coefficient (Wildman–Crippen LogP) is 6.97. The monoisotopic (exact) mass is 1420 g/mol. The largest absolute Gasteiger partial charge is 0.490 e. The third-order valence-electron chi connectivity index (χ3n) is 13.6. The number of nitrogens with one attached hydrogen (secondary N) is 4. The molecule has 92 heavy (non-hydrogen) atoms. The Morgan fingerprint density at radius 3 is 2.41 bits per heavy atom. The summed E-state index contributed by atoms with van der Waals surface area (Å²) in [5, 5.41) is 17.6. The first kappa shape index (κ1) is 76.1. The van der Waals surface area contributed by atoms with E-state index < -0.39 is 75.9 Å². The Labute approximate surface area is 547 Å². The molecular formula is C56H79N8O21P3S4. The third-order valence-corrected chi connectivity index (χ3v) is 22.5. The summed E-state index contributed by atoms with van der Waals surface area (Å²) in [4.78, 5) is 93.3. The number of unbranched alkanes of at least 4 members (excludes halogenated alkanes) is 2. The number of hydrogen-bond acceptors (Lipinski definition) is 23. The van der Waals surface area contributed by atoms with Gasteiger partial charge in [0.05, 0.1) is 62.9 Å². The molecule has 2 aromatic rings. The van der Waals surface area contributed by atoms with Gasteiger partial charge in [-0.25, -0.2) is 23.3 Å². The molecule has 3 heterocycles. The van der Waals surface area contributed by atoms with Crippen LogP contribution < -0.4 is 32.8 Å². The van der Waals surface area contributed by atoms with Crippen molar-refractivity contribution < 1.29 is 98.4 Å². The SMILES string of the molecule is CCS(=S)COC1C[C@H](N2CC(C#CCNC(=O)NCCCCCOCSSC(C)(C)CCOC(=O)CCCOCCOCCNC(=O)c3ccc(C)c(-c4c5ccc(=N)cc-5oc5cc(N)ccc45)c3)C(N)=NC2=O)O[C@@H]1COP(=O)(O)OP(=O)(O)OP(=O)(O)O. The Morgan fingerprint density at radius 1 is 0.891 bits per heavy atom. The minimum Gasteiger partial charge on any atom is -0.466 e. The molecule has 0 spiro atoms. The summed E-state index contributed by atoms with van der Waals surface area (Å²) in [5.41, 5.74) is 17.3. The minimum absolute atomic E-state index is 0.00790. The van der Waals surface area contributed by atoms with E-state index in [0.29, 0.717) is 98.4 Å². The van der Waals surface area contributed by atoms with Crippen molar-refractivity contribution in [3.8, 4) is 34.3 Å². The Morgan fingerprint density at radius 2 is 1.65 bits per heavy atom. The topological polar surface area (TPSA) is 424 Å². The summed E-state index contributed by atoms with van der Waals surface area (Å²) in [6.07, 6.45) is 0.538. The van der Waals surface area contributed by atoms with Crippen molar-refractivity contribution in [3.63, 3.8) is 0 Å². The van der Waals surface area contributed by atoms with Crippen LogP contribution in [-0.2, 0) is 80.7 Å². The zero-order chi connectivity index (χ0) is 67.1. The molecule has 508 valence electrons. The Bertz CT molecular complexity index is 3480. The highest BCUT2D eigenvalue weighted by Gasteiger charge is 2.46. The minimum atomic E-state index is -5.78. The Hall–Kier alpha value is -4.88. The lowest BCUT2D eigenvalue weighted by atomic mass is 9.90. The van der Waals surface area contributed by atoms with Crippen molar-refractivity contribution in [3.05, 3.63) is 71.1 Å². The number of benzene rings is 3. The van der Waals surface area contributed by atoms with Crippen LogP contribution in [-0.4, -0.2) is 167 Å². The van der Waals surface area contributed by atoms with E-state index in [4.69, 9.17) is 75.2 Å². The van der Waals surface area contributed by atoms with Gasteiger partial charge in [0.15, 0.2) is 0 Å². The fourth-order valence-corrected chi connectivity index (χ4v) is 15.0. The van der Waals surface area contributed by atoms with Gasteiger partial charge in [-0.05, 0) is 117 Å². The number of rotatable bonds is 38. The molecule has 4 aliphatic rings. The number of ether oxygens (including phenoxy) is 6. The number of carbonyl (C=O) groups is 4. The number of carbonyl (C=O) groups excluding carboxylic acids is 4. The molecule has 6 rings (SSSR count). The number of nitrogens with zero attached hydrogens (tertiary/aromatic N) is 2. The highest BCUT2D eigenvalue weighted by atomic mass is 33.1. The molecule has 1 aliphatic carbocycles. The highest BCUT2D eigenvalue weighted by Crippen LogP contribution is 2.66. The van der Waals surface area contributed by atoms with Gasteiger partial charge in [-0.2, -0.15) is 13.6 Å². The number of urea groups is 2. The lowest BCUT2D eigenvalue weighted by Crippen LogP contribution is -2.49. The van der Waals surface area contributed by atoms with E-state index in [0.717, 1.165) is 40.5 Å². The lowest BCUT2D eigenvalue weighted by Gasteiger charge is -2.32. The maximum atomic E-state index is 13.2. The second-order valence-corrected chi connectivity index (χ2v) is 31.8. The number of hydrogen-bond donors (Lipinski definition) is 10. The number of esters is 1. The van der Waals surface area contributed by atoms with Crippen LogP contribution in [0.15, 0.2) is 64.0 Å². The van der Waals surface area contributed by atoms with Crippen LogP contribution in [0.3, 0.4) is 0 Å². The molecule has 3 aliphatic heterocycles. The number of phosphoric acid groups is 3. The number of phosphoric ester groups is 1. The summed E-state index contributed by atoms with van der Waals surface area (Å²) in [6.45, 7) is 9.84. The fourth-order valence-electron chi connectivity index (χ4n) is 9.00. The molecule has 1 saturated heterocycles. The number of aliphatic imine (C=N–C) groups is 1. The molecule has 0 aromatic heterocycles. The van der Waals surface area contributed by atoms with Gasteiger partial charge < -0.3 is 85.2 Å². The van der Waals surface area contributed by atoms with E-state index >= 15 is 0 Å². The zero-order valence-electron chi connectivity index (χ0n) is 51.1. The summed E-state index contributed by atoms with van der Waals surface area (Å²) < 4.78 is 87.9. The average molecular weight is 1420 g/mol. The molecule has 29 nitrogen and oxygen atoms in total. The lowest BCUT2D eigenvalue weighted by molar-refractivity contribution is -0.144. The predicted molar refractivity (Wildman–Crippen MR) is 350 cm³/mol. The smallest absolute Gasteiger partial charge is 0.466 e. The van der Waals surface area contributed by atoms with E-state index in [1.165, 1.54) is 4.90 Å². The molecule has 0 radical (unpaired) electrons. The zero-order valence-corrected chi connectivity index (χ0v) is 57.1. The number of anilines is 1. The second-order valence-electron chi connectivity index (χ2n) is 21.3. The van der Waals surface area contributed by atoms with Crippen molar-refractivity contribution in [2.24, 2.45) is 16.6 Å². The molecule has 2 aromatic carbocycles. The maximum absolute atomic E-state index is 13.2. The van der Waals surface area contributed by atoms with E-state index in [-0.39, 0.29) is 67.5 Å². The van der Waals surface area contributed by atoms with Crippen LogP contribution in [0.2, 0.25) is 0 Å². The van der Waals surface area contributed by atoms with Crippen molar-refractivity contribution in [1.82, 2.24) is 20.9 Å². The van der Waals surface area contributed by atoms with Crippen LogP contribution in [0.25, 0.3) is 33.4 Å².